The average molecular weight is 1230 g/mol. The molecule has 474 valence electrons. The fourth-order valence-electron chi connectivity index (χ4n) is 10.8. The molecule has 0 atom stereocenters. The molecule has 0 heteroatoms. The lowest BCUT2D eigenvalue weighted by Gasteiger charge is -2.03. The Balaban J connectivity index is 0.000000153. The smallest absolute Gasteiger partial charge is 0.0152 e. The Labute approximate surface area is 565 Å². The average Bonchev–Trinajstić information content (AvgIpc) is 1.18. The molecule has 0 spiro atoms. The Kier molecular flexibility index (Phi) is 27.5. The molecule has 0 aliphatic heterocycles. The predicted molar refractivity (Wildman–Crippen MR) is 416 cm³/mol. The van der Waals surface area contributed by atoms with E-state index in [-0.39, 0.29) is 0 Å². The van der Waals surface area contributed by atoms with E-state index in [1.54, 1.807) is 0 Å². The Morgan fingerprint density at radius 3 is 0.628 bits per heavy atom. The van der Waals surface area contributed by atoms with Crippen molar-refractivity contribution >= 4 is 32.3 Å². The van der Waals surface area contributed by atoms with Crippen LogP contribution < -0.4 is 0 Å². The first-order valence-electron chi connectivity index (χ1n) is 33.0. The molecule has 0 aliphatic carbocycles. The van der Waals surface area contributed by atoms with E-state index >= 15 is 0 Å². The lowest BCUT2D eigenvalue weighted by atomic mass is 10.0. The summed E-state index contributed by atoms with van der Waals surface area (Å²) in [5, 5.41) is 8.08. The number of benzene rings is 14. The van der Waals surface area contributed by atoms with E-state index in [0.717, 1.165) is 0 Å². The van der Waals surface area contributed by atoms with Gasteiger partial charge in [0.25, 0.3) is 0 Å². The number of rotatable bonds is 3. The molecule has 0 N–H and O–H groups in total. The molecule has 0 heterocycles. The third-order valence-corrected chi connectivity index (χ3v) is 16.3. The van der Waals surface area contributed by atoms with E-state index < -0.39 is 0 Å². The van der Waals surface area contributed by atoms with E-state index in [4.69, 9.17) is 0 Å². The fourth-order valence-corrected chi connectivity index (χ4v) is 10.8. The summed E-state index contributed by atoms with van der Waals surface area (Å²) in [6.07, 6.45) is 0. The molecule has 14 aromatic rings. The molecule has 14 rings (SSSR count). The Hall–Kier alpha value is -10.1. The van der Waals surface area contributed by atoms with Crippen molar-refractivity contribution in [1.29, 1.82) is 0 Å². The maximum Gasteiger partial charge on any atom is -0.0152 e. The summed E-state index contributed by atoms with van der Waals surface area (Å²) in [4.78, 5) is 0. The highest BCUT2D eigenvalue weighted by molar-refractivity contribution is 5.88. The monoisotopic (exact) mass is 1230 g/mol. The molecular formula is C94H98. The molecule has 0 saturated heterocycles. The highest BCUT2D eigenvalue weighted by Gasteiger charge is 2.01. The first-order chi connectivity index (χ1) is 45.1. The molecular weight excluding hydrogens is 1130 g/mol. The maximum absolute atomic E-state index is 2.22. The summed E-state index contributed by atoms with van der Waals surface area (Å²) in [6.45, 7) is 33.9. The van der Waals surface area contributed by atoms with Crippen molar-refractivity contribution < 1.29 is 0 Å². The van der Waals surface area contributed by atoms with Crippen molar-refractivity contribution in [1.82, 2.24) is 0 Å². The van der Waals surface area contributed by atoms with Crippen molar-refractivity contribution in [3.05, 3.63) is 392 Å². The van der Waals surface area contributed by atoms with Crippen LogP contribution in [-0.2, 0) is 0 Å². The van der Waals surface area contributed by atoms with Crippen molar-refractivity contribution in [2.45, 2.75) is 111 Å². The third-order valence-electron chi connectivity index (χ3n) is 16.3. The zero-order chi connectivity index (χ0) is 67.5. The van der Waals surface area contributed by atoms with Crippen LogP contribution in [0.3, 0.4) is 0 Å². The van der Waals surface area contributed by atoms with Crippen LogP contribution in [0.25, 0.3) is 65.7 Å². The minimum atomic E-state index is 1.29. The molecule has 14 aromatic carbocycles. The van der Waals surface area contributed by atoms with Crippen molar-refractivity contribution in [3.8, 4) is 33.4 Å². The summed E-state index contributed by atoms with van der Waals surface area (Å²) in [5.41, 5.74) is 29.0. The van der Waals surface area contributed by atoms with Gasteiger partial charge in [-0.3, -0.25) is 0 Å². The Bertz CT molecular complexity index is 4370. The van der Waals surface area contributed by atoms with E-state index in [9.17, 15) is 0 Å². The zero-order valence-corrected chi connectivity index (χ0v) is 58.9. The second kappa shape index (κ2) is 36.2. The van der Waals surface area contributed by atoms with Gasteiger partial charge in [0.1, 0.15) is 0 Å². The predicted octanol–water partition coefficient (Wildman–Crippen LogP) is 26.9. The second-order valence-corrected chi connectivity index (χ2v) is 25.5. The van der Waals surface area contributed by atoms with Crippen LogP contribution in [0.2, 0.25) is 0 Å². The molecule has 0 saturated carbocycles. The highest BCUT2D eigenvalue weighted by Crippen LogP contribution is 2.25. The van der Waals surface area contributed by atoms with Gasteiger partial charge in [-0.1, -0.05) is 381 Å². The summed E-state index contributed by atoms with van der Waals surface area (Å²) < 4.78 is 0. The molecule has 0 aliphatic rings. The minimum absolute atomic E-state index is 1.29. The SMILES string of the molecule is Cc1ccc(-c2ccc(C)cc2)cc1.Cc1ccc(-c2cccc(C)c2)cc1.Cc1ccc(C)cc1.Cc1ccc2cc(C)ccc2c1.Cc1ccc2ccc(C)cc2c1.Cc1cccc(-c2cccc(C)c2)c1.Cc1cccc(C)c1.Cc1cccc2c(C)cccc12. The van der Waals surface area contributed by atoms with E-state index in [2.05, 4.69) is 414 Å². The number of fused-ring (bicyclic) bond motifs is 3. The lowest BCUT2D eigenvalue weighted by Crippen LogP contribution is -1.80. The minimum Gasteiger partial charge on any atom is -0.0617 e. The first kappa shape index (κ1) is 71.3. The van der Waals surface area contributed by atoms with Crippen LogP contribution in [0, 0.1) is 111 Å². The summed E-state index contributed by atoms with van der Waals surface area (Å²) >= 11 is 0. The Morgan fingerprint density at radius 2 is 0.340 bits per heavy atom. The molecule has 0 aromatic heterocycles. The summed E-state index contributed by atoms with van der Waals surface area (Å²) in [7, 11) is 0. The van der Waals surface area contributed by atoms with Gasteiger partial charge in [0.15, 0.2) is 0 Å². The van der Waals surface area contributed by atoms with Gasteiger partial charge in [0.05, 0.1) is 0 Å². The topological polar surface area (TPSA) is 0 Å². The first-order valence-corrected chi connectivity index (χ1v) is 33.0. The zero-order valence-electron chi connectivity index (χ0n) is 58.9. The summed E-state index contributed by atoms with van der Waals surface area (Å²) in [5.74, 6) is 0. The molecule has 0 amide bonds. The number of hydrogen-bond donors (Lipinski definition) is 0. The normalized spacial score (nSPS) is 10.1. The van der Waals surface area contributed by atoms with Crippen LogP contribution in [0.15, 0.2) is 303 Å². The van der Waals surface area contributed by atoms with Gasteiger partial charge in [-0.05, 0) is 188 Å². The van der Waals surface area contributed by atoms with Crippen LogP contribution in [0.1, 0.15) is 89.0 Å². The fraction of sp³-hybridized carbons (Fsp3) is 0.170. The molecule has 0 radical (unpaired) electrons. The van der Waals surface area contributed by atoms with Gasteiger partial charge in [-0.15, -0.1) is 0 Å². The maximum atomic E-state index is 2.22. The van der Waals surface area contributed by atoms with Gasteiger partial charge in [0.2, 0.25) is 0 Å². The van der Waals surface area contributed by atoms with E-state index in [1.165, 1.54) is 155 Å². The lowest BCUT2D eigenvalue weighted by molar-refractivity contribution is 1.39. The molecule has 0 fully saturated rings. The van der Waals surface area contributed by atoms with Crippen molar-refractivity contribution in [3.63, 3.8) is 0 Å². The van der Waals surface area contributed by atoms with E-state index in [0.29, 0.717) is 0 Å². The van der Waals surface area contributed by atoms with Crippen LogP contribution in [0.4, 0.5) is 0 Å². The van der Waals surface area contributed by atoms with Crippen molar-refractivity contribution in [2.24, 2.45) is 0 Å². The molecule has 0 nitrogen and oxygen atoms in total. The Morgan fingerprint density at radius 1 is 0.128 bits per heavy atom. The van der Waals surface area contributed by atoms with Gasteiger partial charge >= 0.3 is 0 Å². The van der Waals surface area contributed by atoms with Crippen molar-refractivity contribution in [2.75, 3.05) is 0 Å². The van der Waals surface area contributed by atoms with E-state index in [1.807, 2.05) is 0 Å². The van der Waals surface area contributed by atoms with Gasteiger partial charge in [0, 0.05) is 0 Å². The van der Waals surface area contributed by atoms with Gasteiger partial charge < -0.3 is 0 Å². The second-order valence-electron chi connectivity index (χ2n) is 25.5. The molecule has 0 bridgehead atoms. The molecule has 0 unspecified atom stereocenters. The summed E-state index contributed by atoms with van der Waals surface area (Å²) in [6, 6.07) is 108. The largest absolute Gasteiger partial charge is 0.0617 e. The quantitative estimate of drug-likeness (QED) is 0.165. The number of hydrogen-bond acceptors (Lipinski definition) is 0. The highest BCUT2D eigenvalue weighted by atomic mass is 14.1. The third kappa shape index (κ3) is 23.8. The number of aryl methyl sites for hydroxylation is 16. The molecule has 94 heavy (non-hydrogen) atoms. The standard InChI is InChI=1S/3C14H14.3C12H12.2C8H10/c1-11-3-7-13(8-4-11)14-9-5-12(2)6-10-14;1-11-5-3-7-13(9-11)14-8-4-6-12(2)10-14;1-11-6-8-13(9-7-11)14-5-3-4-12(2)10-14;1-9-3-5-12-8-10(2)4-6-11(12)7-9;1-9-3-5-11-6-4-10(2)8-12(11)7-9;1-9-5-3-8-12-10(2)6-4-7-11(9)12;1-7-3-5-8(2)6-4-7;1-7-4-3-5-8(2)6-7/h3*3-10H,1-2H3;3*3-8H,1-2H3;2*3-6H,1-2H3. The van der Waals surface area contributed by atoms with Gasteiger partial charge in [-0.25, -0.2) is 0 Å². The van der Waals surface area contributed by atoms with Gasteiger partial charge in [-0.2, -0.15) is 0 Å². The van der Waals surface area contributed by atoms with Crippen LogP contribution in [-0.4, -0.2) is 0 Å². The van der Waals surface area contributed by atoms with Crippen LogP contribution >= 0.6 is 0 Å². The van der Waals surface area contributed by atoms with Crippen LogP contribution in [0.5, 0.6) is 0 Å².